The molecule has 0 radical (unpaired) electrons. The van der Waals surface area contributed by atoms with E-state index >= 15 is 0 Å². The van der Waals surface area contributed by atoms with Crippen LogP contribution < -0.4 is 10.6 Å². The van der Waals surface area contributed by atoms with Crippen LogP contribution in [0.4, 0.5) is 5.69 Å². The van der Waals surface area contributed by atoms with Gasteiger partial charge in [-0.25, -0.2) is 0 Å². The van der Waals surface area contributed by atoms with E-state index in [9.17, 15) is 0 Å². The van der Waals surface area contributed by atoms with E-state index in [-0.39, 0.29) is 6.04 Å². The van der Waals surface area contributed by atoms with Crippen LogP contribution in [0.15, 0.2) is 24.3 Å². The maximum absolute atomic E-state index is 8.75. The van der Waals surface area contributed by atoms with E-state index in [1.165, 1.54) is 11.3 Å². The Hall–Kier alpha value is -1.53. The average Bonchev–Trinajstić information content (AvgIpc) is 2.42. The Morgan fingerprint density at radius 3 is 2.37 bits per heavy atom. The zero-order valence-corrected chi connectivity index (χ0v) is 12.3. The zero-order chi connectivity index (χ0) is 14.3. The second-order valence-corrected chi connectivity index (χ2v) is 5.35. The normalized spacial score (nSPS) is 12.2. The first kappa shape index (κ1) is 15.5. The summed E-state index contributed by atoms with van der Waals surface area (Å²) in [6, 6.07) is 10.8. The molecule has 0 aliphatic carbocycles. The lowest BCUT2D eigenvalue weighted by atomic mass is 10.0. The Labute approximate surface area is 117 Å². The molecule has 3 nitrogen and oxygen atoms in total. The van der Waals surface area contributed by atoms with Crippen LogP contribution in [0.1, 0.15) is 45.2 Å². The van der Waals surface area contributed by atoms with E-state index in [1.54, 1.807) is 0 Å². The van der Waals surface area contributed by atoms with Gasteiger partial charge in [-0.05, 0) is 30.0 Å². The van der Waals surface area contributed by atoms with Crippen LogP contribution in [-0.2, 0) is 0 Å². The third-order valence-corrected chi connectivity index (χ3v) is 3.21. The molecule has 0 saturated heterocycles. The molecule has 0 aliphatic rings. The highest BCUT2D eigenvalue weighted by Crippen LogP contribution is 2.20. The SMILES string of the molecule is CC[C@@H](N)c1ccc(N(CCC#N)CC(C)C)cc1. The van der Waals surface area contributed by atoms with Gasteiger partial charge in [0.15, 0.2) is 0 Å². The van der Waals surface area contributed by atoms with E-state index < -0.39 is 0 Å². The van der Waals surface area contributed by atoms with Crippen molar-refractivity contribution < 1.29 is 0 Å². The van der Waals surface area contributed by atoms with Gasteiger partial charge in [0.1, 0.15) is 0 Å². The van der Waals surface area contributed by atoms with E-state index in [1.807, 2.05) is 0 Å². The summed E-state index contributed by atoms with van der Waals surface area (Å²) < 4.78 is 0. The second-order valence-electron chi connectivity index (χ2n) is 5.35. The van der Waals surface area contributed by atoms with Crippen molar-refractivity contribution in [2.24, 2.45) is 11.7 Å². The molecule has 2 N–H and O–H groups in total. The highest BCUT2D eigenvalue weighted by molar-refractivity contribution is 5.48. The van der Waals surface area contributed by atoms with Gasteiger partial charge < -0.3 is 10.6 Å². The predicted octanol–water partition coefficient (Wildman–Crippen LogP) is 3.47. The van der Waals surface area contributed by atoms with E-state index in [4.69, 9.17) is 11.0 Å². The lowest BCUT2D eigenvalue weighted by molar-refractivity contribution is 0.612. The number of nitrogens with zero attached hydrogens (tertiary/aromatic N) is 2. The van der Waals surface area contributed by atoms with Crippen molar-refractivity contribution in [1.82, 2.24) is 0 Å². The zero-order valence-electron chi connectivity index (χ0n) is 12.3. The van der Waals surface area contributed by atoms with Crippen molar-refractivity contribution >= 4 is 5.69 Å². The lowest BCUT2D eigenvalue weighted by Gasteiger charge is -2.26. The molecule has 3 heteroatoms. The second kappa shape index (κ2) is 7.81. The molecule has 0 unspecified atom stereocenters. The van der Waals surface area contributed by atoms with Crippen LogP contribution in [0, 0.1) is 17.2 Å². The molecular weight excluding hydrogens is 234 g/mol. The lowest BCUT2D eigenvalue weighted by Crippen LogP contribution is -2.28. The van der Waals surface area contributed by atoms with Crippen molar-refractivity contribution in [3.05, 3.63) is 29.8 Å². The molecule has 0 bridgehead atoms. The van der Waals surface area contributed by atoms with Crippen LogP contribution >= 0.6 is 0 Å². The fourth-order valence-corrected chi connectivity index (χ4v) is 2.12. The van der Waals surface area contributed by atoms with E-state index in [2.05, 4.69) is 56.0 Å². The Morgan fingerprint density at radius 2 is 1.89 bits per heavy atom. The molecule has 0 aliphatic heterocycles. The van der Waals surface area contributed by atoms with Gasteiger partial charge in [-0.2, -0.15) is 5.26 Å². The summed E-state index contributed by atoms with van der Waals surface area (Å²) in [5.74, 6) is 0.580. The molecule has 104 valence electrons. The van der Waals surface area contributed by atoms with Crippen molar-refractivity contribution in [1.29, 1.82) is 5.26 Å². The molecular formula is C16H25N3. The van der Waals surface area contributed by atoms with Gasteiger partial charge >= 0.3 is 0 Å². The molecule has 0 amide bonds. The minimum absolute atomic E-state index is 0.117. The maximum atomic E-state index is 8.75. The summed E-state index contributed by atoms with van der Waals surface area (Å²) in [4.78, 5) is 2.27. The summed E-state index contributed by atoms with van der Waals surface area (Å²) >= 11 is 0. The third kappa shape index (κ3) is 4.92. The largest absolute Gasteiger partial charge is 0.370 e. The number of nitriles is 1. The van der Waals surface area contributed by atoms with Gasteiger partial charge in [0.25, 0.3) is 0 Å². The minimum Gasteiger partial charge on any atom is -0.370 e. The summed E-state index contributed by atoms with van der Waals surface area (Å²) in [7, 11) is 0. The Morgan fingerprint density at radius 1 is 1.26 bits per heavy atom. The van der Waals surface area contributed by atoms with Crippen LogP contribution in [0.3, 0.4) is 0 Å². The standard InChI is InChI=1S/C16H25N3/c1-4-16(18)14-6-8-15(9-7-14)19(11-5-10-17)12-13(2)3/h6-9,13,16H,4-5,11-12,18H2,1-3H3/t16-/m1/s1. The predicted molar refractivity (Wildman–Crippen MR) is 80.9 cm³/mol. The quantitative estimate of drug-likeness (QED) is 0.815. The summed E-state index contributed by atoms with van der Waals surface area (Å²) in [6.45, 7) is 8.24. The van der Waals surface area contributed by atoms with Gasteiger partial charge in [-0.15, -0.1) is 0 Å². The molecule has 0 fully saturated rings. The van der Waals surface area contributed by atoms with Crippen LogP contribution in [0.5, 0.6) is 0 Å². The molecule has 0 aromatic heterocycles. The van der Waals surface area contributed by atoms with E-state index in [0.717, 1.165) is 19.5 Å². The highest BCUT2D eigenvalue weighted by Gasteiger charge is 2.09. The number of nitrogens with two attached hydrogens (primary N) is 1. The Kier molecular flexibility index (Phi) is 6.38. The van der Waals surface area contributed by atoms with Crippen molar-refractivity contribution in [2.75, 3.05) is 18.0 Å². The first-order valence-corrected chi connectivity index (χ1v) is 7.05. The first-order chi connectivity index (χ1) is 9.08. The number of benzene rings is 1. The highest BCUT2D eigenvalue weighted by atomic mass is 15.1. The smallest absolute Gasteiger partial charge is 0.0640 e. The van der Waals surface area contributed by atoms with Gasteiger partial charge in [0, 0.05) is 24.8 Å². The summed E-state index contributed by atoms with van der Waals surface area (Å²) in [6.07, 6.45) is 1.51. The van der Waals surface area contributed by atoms with Crippen molar-refractivity contribution in [3.8, 4) is 6.07 Å². The molecule has 19 heavy (non-hydrogen) atoms. The molecule has 0 spiro atoms. The Balaban J connectivity index is 2.81. The van der Waals surface area contributed by atoms with Gasteiger partial charge in [-0.3, -0.25) is 0 Å². The molecule has 0 heterocycles. The minimum atomic E-state index is 0.117. The molecule has 1 aromatic rings. The number of hydrogen-bond acceptors (Lipinski definition) is 3. The van der Waals surface area contributed by atoms with Crippen LogP contribution in [-0.4, -0.2) is 13.1 Å². The van der Waals surface area contributed by atoms with Crippen molar-refractivity contribution in [2.45, 2.75) is 39.7 Å². The molecule has 1 aromatic carbocycles. The first-order valence-electron chi connectivity index (χ1n) is 7.05. The topological polar surface area (TPSA) is 53.0 Å². The maximum Gasteiger partial charge on any atom is 0.0640 e. The molecule has 1 rings (SSSR count). The average molecular weight is 259 g/mol. The number of anilines is 1. The van der Waals surface area contributed by atoms with E-state index in [0.29, 0.717) is 12.3 Å². The third-order valence-electron chi connectivity index (χ3n) is 3.21. The number of rotatable bonds is 7. The molecule has 0 saturated carbocycles. The van der Waals surface area contributed by atoms with Gasteiger partial charge in [0.2, 0.25) is 0 Å². The van der Waals surface area contributed by atoms with Gasteiger partial charge in [-0.1, -0.05) is 32.9 Å². The summed E-state index contributed by atoms with van der Waals surface area (Å²) in [5.41, 5.74) is 8.38. The molecule has 1 atom stereocenters. The van der Waals surface area contributed by atoms with Crippen LogP contribution in [0.2, 0.25) is 0 Å². The van der Waals surface area contributed by atoms with Crippen LogP contribution in [0.25, 0.3) is 0 Å². The fourth-order valence-electron chi connectivity index (χ4n) is 2.12. The van der Waals surface area contributed by atoms with Gasteiger partial charge in [0.05, 0.1) is 12.5 Å². The number of hydrogen-bond donors (Lipinski definition) is 1. The fraction of sp³-hybridized carbons (Fsp3) is 0.562. The Bertz CT molecular complexity index is 403. The monoisotopic (exact) mass is 259 g/mol. The van der Waals surface area contributed by atoms with Crippen molar-refractivity contribution in [3.63, 3.8) is 0 Å². The summed E-state index contributed by atoms with van der Waals surface area (Å²) in [5, 5.41) is 8.75.